The van der Waals surface area contributed by atoms with Gasteiger partial charge in [-0.2, -0.15) is 10.2 Å². The Kier molecular flexibility index (Phi) is 2.74. The Morgan fingerprint density at radius 1 is 1.00 bits per heavy atom. The second-order valence-corrected chi connectivity index (χ2v) is 3.50. The molecule has 0 aliphatic rings. The van der Waals surface area contributed by atoms with E-state index in [4.69, 9.17) is 5.73 Å². The molecule has 0 aliphatic heterocycles. The average Bonchev–Trinajstić information content (AvgIpc) is 2.30. The smallest absolute Gasteiger partial charge is 0.0929 e. The molecule has 1 aromatic carbocycles. The minimum atomic E-state index is -0.0673. The van der Waals surface area contributed by atoms with Gasteiger partial charge in [-0.05, 0) is 19.1 Å². The number of hydrogen-bond donors (Lipinski definition) is 1. The Labute approximate surface area is 89.0 Å². The lowest BCUT2D eigenvalue weighted by molar-refractivity contribution is 0.753. The summed E-state index contributed by atoms with van der Waals surface area (Å²) in [6, 6.07) is 13.8. The molecular formula is C12H13N3. The third kappa shape index (κ3) is 2.19. The summed E-state index contributed by atoms with van der Waals surface area (Å²) in [6.07, 6.45) is 0. The average molecular weight is 199 g/mol. The van der Waals surface area contributed by atoms with Crippen LogP contribution in [0.25, 0.3) is 11.3 Å². The highest BCUT2D eigenvalue weighted by Crippen LogP contribution is 2.16. The zero-order valence-corrected chi connectivity index (χ0v) is 8.59. The van der Waals surface area contributed by atoms with Gasteiger partial charge < -0.3 is 5.73 Å². The molecule has 0 bridgehead atoms. The Morgan fingerprint density at radius 2 is 1.73 bits per heavy atom. The summed E-state index contributed by atoms with van der Waals surface area (Å²) in [6.45, 7) is 1.90. The van der Waals surface area contributed by atoms with Gasteiger partial charge in [0.05, 0.1) is 11.4 Å². The van der Waals surface area contributed by atoms with Gasteiger partial charge in [-0.25, -0.2) is 0 Å². The Hall–Kier alpha value is -1.74. The molecule has 2 aromatic rings. The van der Waals surface area contributed by atoms with Gasteiger partial charge in [-0.1, -0.05) is 30.3 Å². The molecule has 1 heterocycles. The van der Waals surface area contributed by atoms with Crippen molar-refractivity contribution in [2.75, 3.05) is 0 Å². The number of nitrogens with zero attached hydrogens (tertiary/aromatic N) is 2. The molecule has 0 saturated carbocycles. The van der Waals surface area contributed by atoms with Gasteiger partial charge in [0, 0.05) is 11.6 Å². The van der Waals surface area contributed by atoms with E-state index in [0.29, 0.717) is 0 Å². The largest absolute Gasteiger partial charge is 0.323 e. The Balaban J connectivity index is 2.32. The number of hydrogen-bond acceptors (Lipinski definition) is 3. The number of aromatic nitrogens is 2. The maximum absolute atomic E-state index is 5.70. The SMILES string of the molecule is CC(N)c1ccc(-c2ccccc2)nn1. The van der Waals surface area contributed by atoms with E-state index in [1.807, 2.05) is 49.4 Å². The lowest BCUT2D eigenvalue weighted by Gasteiger charge is -2.04. The zero-order valence-electron chi connectivity index (χ0n) is 8.59. The fraction of sp³-hybridized carbons (Fsp3) is 0.167. The number of benzene rings is 1. The van der Waals surface area contributed by atoms with Gasteiger partial charge in [-0.15, -0.1) is 0 Å². The summed E-state index contributed by atoms with van der Waals surface area (Å²) in [5, 5.41) is 8.22. The zero-order chi connectivity index (χ0) is 10.7. The molecule has 3 heteroatoms. The molecule has 0 aliphatic carbocycles. The van der Waals surface area contributed by atoms with Crippen molar-refractivity contribution in [3.63, 3.8) is 0 Å². The summed E-state index contributed by atoms with van der Waals surface area (Å²) in [5.41, 5.74) is 8.46. The van der Waals surface area contributed by atoms with Crippen molar-refractivity contribution in [3.05, 3.63) is 48.2 Å². The Bertz CT molecular complexity index is 420. The van der Waals surface area contributed by atoms with E-state index in [-0.39, 0.29) is 6.04 Å². The molecule has 0 fully saturated rings. The molecular weight excluding hydrogens is 186 g/mol. The van der Waals surface area contributed by atoms with Gasteiger partial charge in [-0.3, -0.25) is 0 Å². The summed E-state index contributed by atoms with van der Waals surface area (Å²) >= 11 is 0. The highest BCUT2D eigenvalue weighted by atomic mass is 15.1. The van der Waals surface area contributed by atoms with Gasteiger partial charge >= 0.3 is 0 Å². The molecule has 0 amide bonds. The van der Waals surface area contributed by atoms with Crippen LogP contribution in [0, 0.1) is 0 Å². The first-order valence-electron chi connectivity index (χ1n) is 4.92. The van der Waals surface area contributed by atoms with Crippen LogP contribution in [0.15, 0.2) is 42.5 Å². The first-order chi connectivity index (χ1) is 7.27. The van der Waals surface area contributed by atoms with Crippen molar-refractivity contribution in [2.45, 2.75) is 13.0 Å². The molecule has 15 heavy (non-hydrogen) atoms. The molecule has 76 valence electrons. The highest BCUT2D eigenvalue weighted by Gasteiger charge is 2.03. The van der Waals surface area contributed by atoms with Crippen LogP contribution in [0.2, 0.25) is 0 Å². The van der Waals surface area contributed by atoms with Crippen molar-refractivity contribution in [1.82, 2.24) is 10.2 Å². The van der Waals surface area contributed by atoms with E-state index >= 15 is 0 Å². The molecule has 0 saturated heterocycles. The molecule has 1 aromatic heterocycles. The van der Waals surface area contributed by atoms with Crippen LogP contribution in [0.3, 0.4) is 0 Å². The van der Waals surface area contributed by atoms with Crippen LogP contribution >= 0.6 is 0 Å². The van der Waals surface area contributed by atoms with Crippen LogP contribution in [0.4, 0.5) is 0 Å². The fourth-order valence-electron chi connectivity index (χ4n) is 1.35. The summed E-state index contributed by atoms with van der Waals surface area (Å²) in [4.78, 5) is 0. The van der Waals surface area contributed by atoms with E-state index in [1.165, 1.54) is 0 Å². The van der Waals surface area contributed by atoms with E-state index in [0.717, 1.165) is 17.0 Å². The van der Waals surface area contributed by atoms with Gasteiger partial charge in [0.1, 0.15) is 0 Å². The topological polar surface area (TPSA) is 51.8 Å². The monoisotopic (exact) mass is 199 g/mol. The minimum Gasteiger partial charge on any atom is -0.323 e. The summed E-state index contributed by atoms with van der Waals surface area (Å²) in [7, 11) is 0. The first kappa shape index (κ1) is 9.80. The quantitative estimate of drug-likeness (QED) is 0.806. The third-order valence-electron chi connectivity index (χ3n) is 2.22. The summed E-state index contributed by atoms with van der Waals surface area (Å²) < 4.78 is 0. The second kappa shape index (κ2) is 4.19. The van der Waals surface area contributed by atoms with E-state index in [9.17, 15) is 0 Å². The maximum atomic E-state index is 5.70. The molecule has 0 radical (unpaired) electrons. The molecule has 2 N–H and O–H groups in total. The predicted molar refractivity (Wildman–Crippen MR) is 60.1 cm³/mol. The molecule has 3 nitrogen and oxygen atoms in total. The highest BCUT2D eigenvalue weighted by molar-refractivity contribution is 5.57. The van der Waals surface area contributed by atoms with Gasteiger partial charge in [0.15, 0.2) is 0 Å². The lowest BCUT2D eigenvalue weighted by Crippen LogP contribution is -2.08. The minimum absolute atomic E-state index is 0.0673. The van der Waals surface area contributed by atoms with Crippen LogP contribution in [-0.4, -0.2) is 10.2 Å². The van der Waals surface area contributed by atoms with Crippen molar-refractivity contribution >= 4 is 0 Å². The van der Waals surface area contributed by atoms with Crippen LogP contribution in [-0.2, 0) is 0 Å². The van der Waals surface area contributed by atoms with Gasteiger partial charge in [0.2, 0.25) is 0 Å². The molecule has 1 atom stereocenters. The van der Waals surface area contributed by atoms with Crippen molar-refractivity contribution in [3.8, 4) is 11.3 Å². The van der Waals surface area contributed by atoms with E-state index in [2.05, 4.69) is 10.2 Å². The van der Waals surface area contributed by atoms with Crippen molar-refractivity contribution in [2.24, 2.45) is 5.73 Å². The maximum Gasteiger partial charge on any atom is 0.0929 e. The summed E-state index contributed by atoms with van der Waals surface area (Å²) in [5.74, 6) is 0. The second-order valence-electron chi connectivity index (χ2n) is 3.50. The van der Waals surface area contributed by atoms with Crippen LogP contribution in [0.5, 0.6) is 0 Å². The van der Waals surface area contributed by atoms with Crippen LogP contribution < -0.4 is 5.73 Å². The predicted octanol–water partition coefficient (Wildman–Crippen LogP) is 2.16. The lowest BCUT2D eigenvalue weighted by atomic mass is 10.1. The third-order valence-corrected chi connectivity index (χ3v) is 2.22. The van der Waals surface area contributed by atoms with Crippen molar-refractivity contribution < 1.29 is 0 Å². The molecule has 1 unspecified atom stereocenters. The Morgan fingerprint density at radius 3 is 2.27 bits per heavy atom. The standard InChI is InChI=1S/C12H13N3/c1-9(13)11-7-8-12(15-14-11)10-5-3-2-4-6-10/h2-9H,13H2,1H3. The normalized spacial score (nSPS) is 12.4. The van der Waals surface area contributed by atoms with Crippen molar-refractivity contribution in [1.29, 1.82) is 0 Å². The van der Waals surface area contributed by atoms with E-state index in [1.54, 1.807) is 0 Å². The molecule has 0 spiro atoms. The van der Waals surface area contributed by atoms with Gasteiger partial charge in [0.25, 0.3) is 0 Å². The van der Waals surface area contributed by atoms with Crippen LogP contribution in [0.1, 0.15) is 18.7 Å². The van der Waals surface area contributed by atoms with E-state index < -0.39 is 0 Å². The first-order valence-corrected chi connectivity index (χ1v) is 4.92. The molecule has 2 rings (SSSR count). The fourth-order valence-corrected chi connectivity index (χ4v) is 1.35. The number of nitrogens with two attached hydrogens (primary N) is 1. The number of rotatable bonds is 2.